The van der Waals surface area contributed by atoms with Crippen LogP contribution in [0.4, 0.5) is 5.69 Å². The molecule has 0 aromatic heterocycles. The predicted octanol–water partition coefficient (Wildman–Crippen LogP) is 3.12. The summed E-state index contributed by atoms with van der Waals surface area (Å²) in [6, 6.07) is 11.5. The summed E-state index contributed by atoms with van der Waals surface area (Å²) in [5.74, 6) is -0.0603. The van der Waals surface area contributed by atoms with E-state index in [9.17, 15) is 4.79 Å². The van der Waals surface area contributed by atoms with Crippen molar-refractivity contribution in [3.8, 4) is 0 Å². The highest BCUT2D eigenvalue weighted by Gasteiger charge is 2.08. The molecule has 2 rings (SSSR count). The second kappa shape index (κ2) is 5.78. The Bertz CT molecular complexity index is 647. The minimum Gasteiger partial charge on any atom is -0.399 e. The van der Waals surface area contributed by atoms with Crippen LogP contribution in [0.2, 0.25) is 0 Å². The number of rotatable bonds is 3. The lowest BCUT2D eigenvalue weighted by Crippen LogP contribution is -2.23. The fourth-order valence-electron chi connectivity index (χ4n) is 2.06. The maximum absolute atomic E-state index is 12.1. The number of anilines is 1. The first-order chi connectivity index (χ1) is 9.49. The molecule has 3 nitrogen and oxygen atoms in total. The molecule has 3 N–H and O–H groups in total. The van der Waals surface area contributed by atoms with Gasteiger partial charge >= 0.3 is 0 Å². The third-order valence-electron chi connectivity index (χ3n) is 3.70. The summed E-state index contributed by atoms with van der Waals surface area (Å²) >= 11 is 0. The number of hydrogen-bond acceptors (Lipinski definition) is 2. The van der Waals surface area contributed by atoms with Gasteiger partial charge in [-0.3, -0.25) is 4.79 Å². The average molecular weight is 268 g/mol. The van der Waals surface area contributed by atoms with E-state index in [1.54, 1.807) is 0 Å². The Balaban J connectivity index is 2.08. The lowest BCUT2D eigenvalue weighted by molar-refractivity contribution is 0.0951. The molecule has 3 heteroatoms. The van der Waals surface area contributed by atoms with Gasteiger partial charge in [0.1, 0.15) is 0 Å². The fourth-order valence-corrected chi connectivity index (χ4v) is 2.06. The monoisotopic (exact) mass is 268 g/mol. The highest BCUT2D eigenvalue weighted by molar-refractivity contribution is 5.94. The standard InChI is InChI=1S/C17H20N2O/c1-11-7-8-14(9-12(11)2)17(20)19-10-15-5-4-6-16(18)13(15)3/h4-9H,10,18H2,1-3H3,(H,19,20). The quantitative estimate of drug-likeness (QED) is 0.840. The van der Waals surface area contributed by atoms with Crippen LogP contribution >= 0.6 is 0 Å². The number of carbonyl (C=O) groups excluding carboxylic acids is 1. The van der Waals surface area contributed by atoms with Crippen molar-refractivity contribution in [3.63, 3.8) is 0 Å². The number of carbonyl (C=O) groups is 1. The van der Waals surface area contributed by atoms with E-state index < -0.39 is 0 Å². The Morgan fingerprint density at radius 2 is 1.85 bits per heavy atom. The fraction of sp³-hybridized carbons (Fsp3) is 0.235. The molecule has 0 bridgehead atoms. The van der Waals surface area contributed by atoms with Crippen LogP contribution in [0.5, 0.6) is 0 Å². The van der Waals surface area contributed by atoms with E-state index in [0.29, 0.717) is 12.1 Å². The molecule has 0 saturated heterocycles. The van der Waals surface area contributed by atoms with Crippen LogP contribution in [0.3, 0.4) is 0 Å². The molecule has 20 heavy (non-hydrogen) atoms. The predicted molar refractivity (Wildman–Crippen MR) is 82.7 cm³/mol. The molecule has 0 heterocycles. The van der Waals surface area contributed by atoms with Crippen LogP contribution in [0, 0.1) is 20.8 Å². The number of nitrogens with two attached hydrogens (primary N) is 1. The smallest absolute Gasteiger partial charge is 0.251 e. The van der Waals surface area contributed by atoms with Crippen molar-refractivity contribution in [2.24, 2.45) is 0 Å². The molecular formula is C17H20N2O. The summed E-state index contributed by atoms with van der Waals surface area (Å²) in [5.41, 5.74) is 11.7. The first-order valence-electron chi connectivity index (χ1n) is 6.68. The Labute approximate surface area is 119 Å². The molecule has 1 amide bonds. The van der Waals surface area contributed by atoms with Gasteiger partial charge in [-0.15, -0.1) is 0 Å². The summed E-state index contributed by atoms with van der Waals surface area (Å²) in [6.45, 7) is 6.50. The van der Waals surface area contributed by atoms with Gasteiger partial charge in [-0.05, 0) is 61.2 Å². The van der Waals surface area contributed by atoms with Crippen molar-refractivity contribution in [2.45, 2.75) is 27.3 Å². The molecule has 0 unspecified atom stereocenters. The maximum Gasteiger partial charge on any atom is 0.251 e. The topological polar surface area (TPSA) is 55.1 Å². The molecule has 0 aliphatic carbocycles. The average Bonchev–Trinajstić information content (AvgIpc) is 2.43. The van der Waals surface area contributed by atoms with E-state index >= 15 is 0 Å². The molecule has 2 aromatic carbocycles. The molecule has 0 radical (unpaired) electrons. The van der Waals surface area contributed by atoms with E-state index in [2.05, 4.69) is 5.32 Å². The van der Waals surface area contributed by atoms with Crippen molar-refractivity contribution in [1.82, 2.24) is 5.32 Å². The number of nitrogen functional groups attached to an aromatic ring is 1. The SMILES string of the molecule is Cc1ccc(C(=O)NCc2cccc(N)c2C)cc1C. The lowest BCUT2D eigenvalue weighted by atomic mass is 10.0. The summed E-state index contributed by atoms with van der Waals surface area (Å²) in [4.78, 5) is 12.1. The van der Waals surface area contributed by atoms with Crippen molar-refractivity contribution in [1.29, 1.82) is 0 Å². The Hall–Kier alpha value is -2.29. The molecular weight excluding hydrogens is 248 g/mol. The van der Waals surface area contributed by atoms with E-state index in [1.807, 2.05) is 57.2 Å². The molecule has 0 spiro atoms. The van der Waals surface area contributed by atoms with Gasteiger partial charge in [-0.1, -0.05) is 18.2 Å². The summed E-state index contributed by atoms with van der Waals surface area (Å²) in [7, 11) is 0. The van der Waals surface area contributed by atoms with Crippen LogP contribution in [0.15, 0.2) is 36.4 Å². The second-order valence-electron chi connectivity index (χ2n) is 5.11. The highest BCUT2D eigenvalue weighted by atomic mass is 16.1. The van der Waals surface area contributed by atoms with Crippen molar-refractivity contribution >= 4 is 11.6 Å². The molecule has 104 valence electrons. The zero-order valence-electron chi connectivity index (χ0n) is 12.2. The van der Waals surface area contributed by atoms with E-state index in [-0.39, 0.29) is 5.91 Å². The van der Waals surface area contributed by atoms with Crippen molar-refractivity contribution < 1.29 is 4.79 Å². The van der Waals surface area contributed by atoms with Gasteiger partial charge in [-0.25, -0.2) is 0 Å². The van der Waals surface area contributed by atoms with Crippen molar-refractivity contribution in [2.75, 3.05) is 5.73 Å². The number of aryl methyl sites for hydroxylation is 2. The third kappa shape index (κ3) is 2.99. The molecule has 2 aromatic rings. The highest BCUT2D eigenvalue weighted by Crippen LogP contribution is 2.15. The Morgan fingerprint density at radius 3 is 2.55 bits per heavy atom. The molecule has 0 atom stereocenters. The van der Waals surface area contributed by atoms with Gasteiger partial charge < -0.3 is 11.1 Å². The number of amides is 1. The van der Waals surface area contributed by atoms with Crippen LogP contribution in [0.1, 0.15) is 32.6 Å². The molecule has 0 fully saturated rings. The first-order valence-corrected chi connectivity index (χ1v) is 6.68. The Morgan fingerprint density at radius 1 is 1.10 bits per heavy atom. The normalized spacial score (nSPS) is 10.3. The largest absolute Gasteiger partial charge is 0.399 e. The van der Waals surface area contributed by atoms with E-state index in [0.717, 1.165) is 22.4 Å². The minimum atomic E-state index is -0.0603. The van der Waals surface area contributed by atoms with Gasteiger partial charge in [-0.2, -0.15) is 0 Å². The molecule has 0 aliphatic rings. The van der Waals surface area contributed by atoms with Gasteiger partial charge in [0.2, 0.25) is 0 Å². The minimum absolute atomic E-state index is 0.0603. The lowest BCUT2D eigenvalue weighted by Gasteiger charge is -2.10. The van der Waals surface area contributed by atoms with Gasteiger partial charge in [0.05, 0.1) is 0 Å². The Kier molecular flexibility index (Phi) is 4.08. The molecule has 0 aliphatic heterocycles. The third-order valence-corrected chi connectivity index (χ3v) is 3.70. The zero-order valence-corrected chi connectivity index (χ0v) is 12.2. The molecule has 0 saturated carbocycles. The maximum atomic E-state index is 12.1. The van der Waals surface area contributed by atoms with Crippen LogP contribution in [-0.2, 0) is 6.54 Å². The van der Waals surface area contributed by atoms with Gasteiger partial charge in [0.25, 0.3) is 5.91 Å². The number of benzene rings is 2. The van der Waals surface area contributed by atoms with Crippen LogP contribution in [-0.4, -0.2) is 5.91 Å². The summed E-state index contributed by atoms with van der Waals surface area (Å²) in [6.07, 6.45) is 0. The number of nitrogens with one attached hydrogen (secondary N) is 1. The zero-order chi connectivity index (χ0) is 14.7. The van der Waals surface area contributed by atoms with Gasteiger partial charge in [0.15, 0.2) is 0 Å². The van der Waals surface area contributed by atoms with E-state index in [1.165, 1.54) is 5.56 Å². The summed E-state index contributed by atoms with van der Waals surface area (Å²) in [5, 5.41) is 2.94. The first kappa shape index (κ1) is 14.1. The number of hydrogen-bond donors (Lipinski definition) is 2. The van der Waals surface area contributed by atoms with Crippen molar-refractivity contribution in [3.05, 3.63) is 64.2 Å². The van der Waals surface area contributed by atoms with Gasteiger partial charge in [0, 0.05) is 17.8 Å². The van der Waals surface area contributed by atoms with Crippen LogP contribution < -0.4 is 11.1 Å². The van der Waals surface area contributed by atoms with E-state index in [4.69, 9.17) is 5.73 Å². The van der Waals surface area contributed by atoms with Crippen LogP contribution in [0.25, 0.3) is 0 Å². The summed E-state index contributed by atoms with van der Waals surface area (Å²) < 4.78 is 0. The second-order valence-corrected chi connectivity index (χ2v) is 5.11.